The molecular weight excluding hydrogens is 262 g/mol. The molecule has 1 aromatic carbocycles. The molecule has 1 heterocycles. The first-order valence-corrected chi connectivity index (χ1v) is 6.96. The van der Waals surface area contributed by atoms with Crippen LogP contribution in [0.2, 0.25) is 0 Å². The Hall–Kier alpha value is -2.26. The van der Waals surface area contributed by atoms with Gasteiger partial charge in [0.15, 0.2) is 5.78 Å². The number of allylic oxidation sites excluding steroid dienone is 1. The van der Waals surface area contributed by atoms with Crippen molar-refractivity contribution in [1.29, 1.82) is 0 Å². The number of carbonyl (C=O) groups is 1. The molecule has 0 unspecified atom stereocenters. The second kappa shape index (κ2) is 4.93. The molecule has 0 amide bonds. The van der Waals surface area contributed by atoms with Gasteiger partial charge in [-0.3, -0.25) is 9.78 Å². The second-order valence-corrected chi connectivity index (χ2v) is 5.87. The predicted octanol–water partition coefficient (Wildman–Crippen LogP) is 3.44. The fourth-order valence-corrected chi connectivity index (χ4v) is 2.56. The average Bonchev–Trinajstić information content (AvgIpc) is 2.46. The van der Waals surface area contributed by atoms with Gasteiger partial charge in [-0.2, -0.15) is 0 Å². The molecule has 0 aliphatic heterocycles. The lowest BCUT2D eigenvalue weighted by Gasteiger charge is -2.19. The van der Waals surface area contributed by atoms with E-state index in [4.69, 9.17) is 0 Å². The maximum Gasteiger partial charge on any atom is 0.167 e. The van der Waals surface area contributed by atoms with Crippen LogP contribution < -0.4 is 0 Å². The number of nitrogens with zero attached hydrogens (tertiary/aromatic N) is 1. The first kappa shape index (κ1) is 13.7. The van der Waals surface area contributed by atoms with Crippen molar-refractivity contribution in [1.82, 2.24) is 4.98 Å². The Morgan fingerprint density at radius 1 is 1.14 bits per heavy atom. The van der Waals surface area contributed by atoms with E-state index in [-0.39, 0.29) is 5.78 Å². The number of hydrogen-bond donors (Lipinski definition) is 1. The molecule has 3 rings (SSSR count). The summed E-state index contributed by atoms with van der Waals surface area (Å²) in [6.07, 6.45) is 5.78. The van der Waals surface area contributed by atoms with E-state index in [1.807, 2.05) is 30.3 Å². The van der Waals surface area contributed by atoms with Gasteiger partial charge in [0.1, 0.15) is 0 Å². The molecule has 3 heteroatoms. The fourth-order valence-electron chi connectivity index (χ4n) is 2.56. The number of aromatic nitrogens is 1. The predicted molar refractivity (Wildman–Crippen MR) is 82.7 cm³/mol. The number of Topliss-reactive ketones (excluding diaryl/α,β-unsaturated/α-hetero) is 1. The van der Waals surface area contributed by atoms with E-state index in [0.717, 1.165) is 27.8 Å². The molecule has 0 radical (unpaired) electrons. The first-order chi connectivity index (χ1) is 9.95. The van der Waals surface area contributed by atoms with Crippen LogP contribution in [0.25, 0.3) is 11.6 Å². The summed E-state index contributed by atoms with van der Waals surface area (Å²) in [5.74, 6) is 0.122. The van der Waals surface area contributed by atoms with Crippen molar-refractivity contribution in [3.8, 4) is 0 Å². The molecule has 3 nitrogen and oxygen atoms in total. The van der Waals surface area contributed by atoms with Gasteiger partial charge in [-0.25, -0.2) is 0 Å². The van der Waals surface area contributed by atoms with Crippen LogP contribution >= 0.6 is 0 Å². The summed E-state index contributed by atoms with van der Waals surface area (Å²) in [6, 6.07) is 9.47. The standard InChI is InChI=1S/C18H17NO2/c1-18(2,21)15-5-3-12(4-6-15)13-9-14-11-19-8-7-16(14)17(20)10-13/h3-9,11,21H,10H2,1-2H3. The van der Waals surface area contributed by atoms with Gasteiger partial charge in [-0.1, -0.05) is 24.3 Å². The third kappa shape index (κ3) is 2.65. The Bertz CT molecular complexity index is 722. The Kier molecular flexibility index (Phi) is 3.22. The molecule has 1 aromatic heterocycles. The second-order valence-electron chi connectivity index (χ2n) is 5.87. The molecule has 106 valence electrons. The van der Waals surface area contributed by atoms with Crippen LogP contribution in [-0.4, -0.2) is 15.9 Å². The number of ketones is 1. The van der Waals surface area contributed by atoms with Crippen LogP contribution in [0.15, 0.2) is 42.7 Å². The Morgan fingerprint density at radius 2 is 1.86 bits per heavy atom. The molecule has 1 N–H and O–H groups in total. The van der Waals surface area contributed by atoms with Crippen LogP contribution in [0, 0.1) is 0 Å². The quantitative estimate of drug-likeness (QED) is 0.916. The van der Waals surface area contributed by atoms with Crippen LogP contribution in [0.4, 0.5) is 0 Å². The van der Waals surface area contributed by atoms with E-state index in [1.54, 1.807) is 32.3 Å². The average molecular weight is 279 g/mol. The summed E-state index contributed by atoms with van der Waals surface area (Å²) in [6.45, 7) is 3.51. The molecule has 1 aliphatic rings. The van der Waals surface area contributed by atoms with Gasteiger partial charge in [-0.05, 0) is 42.7 Å². The Balaban J connectivity index is 1.99. The van der Waals surface area contributed by atoms with Gasteiger partial charge in [0, 0.05) is 29.9 Å². The van der Waals surface area contributed by atoms with E-state index in [1.165, 1.54) is 0 Å². The highest BCUT2D eigenvalue weighted by Crippen LogP contribution is 2.31. The van der Waals surface area contributed by atoms with Gasteiger partial charge in [0.2, 0.25) is 0 Å². The third-order valence-electron chi connectivity index (χ3n) is 3.80. The van der Waals surface area contributed by atoms with Gasteiger partial charge >= 0.3 is 0 Å². The van der Waals surface area contributed by atoms with Gasteiger partial charge in [0.25, 0.3) is 0 Å². The lowest BCUT2D eigenvalue weighted by atomic mass is 9.87. The highest BCUT2D eigenvalue weighted by Gasteiger charge is 2.20. The maximum absolute atomic E-state index is 12.2. The van der Waals surface area contributed by atoms with Crippen LogP contribution in [0.5, 0.6) is 0 Å². The Labute approximate surface area is 124 Å². The van der Waals surface area contributed by atoms with Crippen LogP contribution in [-0.2, 0) is 5.60 Å². The zero-order chi connectivity index (χ0) is 15.0. The third-order valence-corrected chi connectivity index (χ3v) is 3.80. The lowest BCUT2D eigenvalue weighted by Crippen LogP contribution is -2.15. The van der Waals surface area contributed by atoms with Crippen molar-refractivity contribution >= 4 is 17.4 Å². The maximum atomic E-state index is 12.2. The minimum absolute atomic E-state index is 0.122. The number of carbonyl (C=O) groups excluding carboxylic acids is 1. The summed E-state index contributed by atoms with van der Waals surface area (Å²) in [5, 5.41) is 9.99. The molecule has 2 aromatic rings. The first-order valence-electron chi connectivity index (χ1n) is 6.96. The number of aliphatic hydroxyl groups is 1. The van der Waals surface area contributed by atoms with E-state index in [9.17, 15) is 9.90 Å². The van der Waals surface area contributed by atoms with Crippen molar-refractivity contribution in [2.75, 3.05) is 0 Å². The van der Waals surface area contributed by atoms with Crippen molar-refractivity contribution in [2.24, 2.45) is 0 Å². The van der Waals surface area contributed by atoms with E-state index in [2.05, 4.69) is 4.98 Å². The molecule has 0 atom stereocenters. The van der Waals surface area contributed by atoms with Gasteiger partial charge < -0.3 is 5.11 Å². The highest BCUT2D eigenvalue weighted by molar-refractivity contribution is 6.11. The summed E-state index contributed by atoms with van der Waals surface area (Å²) < 4.78 is 0. The van der Waals surface area contributed by atoms with Crippen molar-refractivity contribution in [3.05, 3.63) is 65.0 Å². The molecule has 0 bridgehead atoms. The minimum atomic E-state index is -0.855. The smallest absolute Gasteiger partial charge is 0.167 e. The molecular formula is C18H17NO2. The molecule has 0 saturated heterocycles. The molecule has 21 heavy (non-hydrogen) atoms. The largest absolute Gasteiger partial charge is 0.386 e. The number of benzene rings is 1. The zero-order valence-electron chi connectivity index (χ0n) is 12.1. The van der Waals surface area contributed by atoms with Crippen molar-refractivity contribution in [3.63, 3.8) is 0 Å². The molecule has 0 spiro atoms. The number of pyridine rings is 1. The van der Waals surface area contributed by atoms with E-state index in [0.29, 0.717) is 6.42 Å². The van der Waals surface area contributed by atoms with Crippen molar-refractivity contribution in [2.45, 2.75) is 25.9 Å². The van der Waals surface area contributed by atoms with Crippen LogP contribution in [0.3, 0.4) is 0 Å². The summed E-state index contributed by atoms with van der Waals surface area (Å²) in [5.41, 5.74) is 3.60. The van der Waals surface area contributed by atoms with Crippen LogP contribution in [0.1, 0.15) is 47.3 Å². The fraction of sp³-hybridized carbons (Fsp3) is 0.222. The van der Waals surface area contributed by atoms with Gasteiger partial charge in [-0.15, -0.1) is 0 Å². The molecule has 0 saturated carbocycles. The molecule has 0 fully saturated rings. The minimum Gasteiger partial charge on any atom is -0.386 e. The monoisotopic (exact) mass is 279 g/mol. The zero-order valence-corrected chi connectivity index (χ0v) is 12.1. The van der Waals surface area contributed by atoms with E-state index >= 15 is 0 Å². The number of hydrogen-bond acceptors (Lipinski definition) is 3. The summed E-state index contributed by atoms with van der Waals surface area (Å²) in [4.78, 5) is 16.3. The lowest BCUT2D eigenvalue weighted by molar-refractivity contribution is 0.0786. The Morgan fingerprint density at radius 3 is 2.52 bits per heavy atom. The van der Waals surface area contributed by atoms with Crippen molar-refractivity contribution < 1.29 is 9.90 Å². The summed E-state index contributed by atoms with van der Waals surface area (Å²) >= 11 is 0. The topological polar surface area (TPSA) is 50.2 Å². The molecule has 1 aliphatic carbocycles. The SMILES string of the molecule is CC(C)(O)c1ccc(C2=Cc3cnccc3C(=O)C2)cc1. The normalized spacial score (nSPS) is 14.6. The number of rotatable bonds is 2. The summed E-state index contributed by atoms with van der Waals surface area (Å²) in [7, 11) is 0. The van der Waals surface area contributed by atoms with E-state index < -0.39 is 5.60 Å². The highest BCUT2D eigenvalue weighted by atomic mass is 16.3. The number of fused-ring (bicyclic) bond motifs is 1. The van der Waals surface area contributed by atoms with Gasteiger partial charge in [0.05, 0.1) is 5.60 Å².